The quantitative estimate of drug-likeness (QED) is 0.500. The van der Waals surface area contributed by atoms with Gasteiger partial charge in [0.15, 0.2) is 23.3 Å². The zero-order valence-electron chi connectivity index (χ0n) is 8.58. The number of benzene rings is 2. The summed E-state index contributed by atoms with van der Waals surface area (Å²) in [7, 11) is 0. The van der Waals surface area contributed by atoms with Crippen molar-refractivity contribution in [1.29, 1.82) is 0 Å². The summed E-state index contributed by atoms with van der Waals surface area (Å²) in [5.41, 5.74) is -0.974. The predicted molar refractivity (Wildman–Crippen MR) is 61.7 cm³/mol. The molecule has 0 saturated heterocycles. The van der Waals surface area contributed by atoms with Gasteiger partial charge in [-0.15, -0.1) is 0 Å². The van der Waals surface area contributed by atoms with Gasteiger partial charge in [0.25, 0.3) is 0 Å². The van der Waals surface area contributed by atoms with E-state index in [1.165, 1.54) is 6.07 Å². The molecule has 0 heterocycles. The highest BCUT2D eigenvalue weighted by molar-refractivity contribution is 6.35. The van der Waals surface area contributed by atoms with E-state index >= 15 is 0 Å². The predicted octanol–water partition coefficient (Wildman–Crippen LogP) is 5.22. The lowest BCUT2D eigenvalue weighted by molar-refractivity contribution is 0.458. The van der Waals surface area contributed by atoms with Crippen molar-refractivity contribution in [1.82, 2.24) is 0 Å². The van der Waals surface area contributed by atoms with Gasteiger partial charge in [0.05, 0.1) is 5.56 Å². The van der Waals surface area contributed by atoms with Gasteiger partial charge in [0.1, 0.15) is 0 Å². The molecule has 0 amide bonds. The summed E-state index contributed by atoms with van der Waals surface area (Å²) in [6.45, 7) is 0. The average molecular weight is 295 g/mol. The molecule has 0 atom stereocenters. The number of hydrogen-bond acceptors (Lipinski definition) is 0. The molecule has 0 aliphatic rings. The van der Waals surface area contributed by atoms with Gasteiger partial charge >= 0.3 is 0 Å². The van der Waals surface area contributed by atoms with Gasteiger partial charge in [-0.1, -0.05) is 23.2 Å². The first-order valence-electron chi connectivity index (χ1n) is 4.69. The molecule has 94 valence electrons. The van der Waals surface area contributed by atoms with Crippen molar-refractivity contribution < 1.29 is 17.6 Å². The zero-order chi connectivity index (χ0) is 13.4. The summed E-state index contributed by atoms with van der Waals surface area (Å²) in [6.07, 6.45) is 0. The third kappa shape index (κ3) is 2.31. The van der Waals surface area contributed by atoms with Crippen LogP contribution in [-0.2, 0) is 0 Å². The monoisotopic (exact) mass is 294 g/mol. The van der Waals surface area contributed by atoms with Crippen molar-refractivity contribution in [3.63, 3.8) is 0 Å². The minimum atomic E-state index is -1.49. The van der Waals surface area contributed by atoms with Crippen molar-refractivity contribution in [2.75, 3.05) is 0 Å². The minimum Gasteiger partial charge on any atom is -0.204 e. The number of rotatable bonds is 1. The van der Waals surface area contributed by atoms with Crippen LogP contribution in [0.4, 0.5) is 17.6 Å². The third-order valence-electron chi connectivity index (χ3n) is 2.26. The Kier molecular flexibility index (Phi) is 3.50. The second kappa shape index (κ2) is 4.78. The van der Waals surface area contributed by atoms with Gasteiger partial charge in [-0.25, -0.2) is 17.6 Å². The molecule has 0 unspecified atom stereocenters. The normalized spacial score (nSPS) is 10.8. The molecule has 0 fully saturated rings. The van der Waals surface area contributed by atoms with E-state index in [1.54, 1.807) is 0 Å². The van der Waals surface area contributed by atoms with Gasteiger partial charge in [0, 0.05) is 16.1 Å². The van der Waals surface area contributed by atoms with Gasteiger partial charge in [0.2, 0.25) is 0 Å². The maximum atomic E-state index is 13.5. The molecule has 0 aliphatic carbocycles. The fourth-order valence-electron chi connectivity index (χ4n) is 1.52. The van der Waals surface area contributed by atoms with Crippen LogP contribution in [0.3, 0.4) is 0 Å². The van der Waals surface area contributed by atoms with Crippen molar-refractivity contribution in [3.05, 3.63) is 57.6 Å². The summed E-state index contributed by atoms with van der Waals surface area (Å²) < 4.78 is 53.2. The number of halogens is 6. The summed E-state index contributed by atoms with van der Waals surface area (Å²) >= 11 is 11.3. The fraction of sp³-hybridized carbons (Fsp3) is 0. The highest BCUT2D eigenvalue weighted by Crippen LogP contribution is 2.33. The van der Waals surface area contributed by atoms with E-state index in [1.807, 2.05) is 0 Å². The molecule has 18 heavy (non-hydrogen) atoms. The lowest BCUT2D eigenvalue weighted by atomic mass is 10.0. The Bertz CT molecular complexity index is 579. The van der Waals surface area contributed by atoms with Crippen LogP contribution in [0.1, 0.15) is 0 Å². The van der Waals surface area contributed by atoms with E-state index in [2.05, 4.69) is 0 Å². The molecule has 0 aromatic heterocycles. The van der Waals surface area contributed by atoms with Crippen LogP contribution in [0.15, 0.2) is 24.3 Å². The van der Waals surface area contributed by atoms with Crippen molar-refractivity contribution in [2.24, 2.45) is 0 Å². The molecule has 2 aromatic rings. The molecule has 0 saturated carbocycles. The summed E-state index contributed by atoms with van der Waals surface area (Å²) in [6, 6.07) is 3.79. The van der Waals surface area contributed by atoms with Gasteiger partial charge < -0.3 is 0 Å². The lowest BCUT2D eigenvalue weighted by Crippen LogP contribution is -1.98. The van der Waals surface area contributed by atoms with Crippen molar-refractivity contribution >= 4 is 23.2 Å². The van der Waals surface area contributed by atoms with E-state index in [-0.39, 0.29) is 21.7 Å². The highest BCUT2D eigenvalue weighted by Gasteiger charge is 2.20. The van der Waals surface area contributed by atoms with E-state index in [4.69, 9.17) is 23.2 Å². The fourth-order valence-corrected chi connectivity index (χ4v) is 2.05. The van der Waals surface area contributed by atoms with Crippen LogP contribution >= 0.6 is 23.2 Å². The average Bonchev–Trinajstić information content (AvgIpc) is 2.25. The maximum absolute atomic E-state index is 13.5. The van der Waals surface area contributed by atoms with Crippen LogP contribution in [-0.4, -0.2) is 0 Å². The van der Waals surface area contributed by atoms with E-state index < -0.39 is 28.8 Å². The summed E-state index contributed by atoms with van der Waals surface area (Å²) in [5, 5.41) is 0.196. The Labute approximate surface area is 110 Å². The van der Waals surface area contributed by atoms with Crippen LogP contribution in [0.25, 0.3) is 11.1 Å². The maximum Gasteiger partial charge on any atom is 0.169 e. The van der Waals surface area contributed by atoms with E-state index in [0.717, 1.165) is 12.1 Å². The van der Waals surface area contributed by atoms with Gasteiger partial charge in [-0.3, -0.25) is 0 Å². The minimum absolute atomic E-state index is 0.0981. The first-order valence-corrected chi connectivity index (χ1v) is 5.45. The Morgan fingerprint density at radius 3 is 1.56 bits per heavy atom. The van der Waals surface area contributed by atoms with Gasteiger partial charge in [-0.2, -0.15) is 0 Å². The molecule has 0 spiro atoms. The van der Waals surface area contributed by atoms with Crippen LogP contribution in [0.5, 0.6) is 0 Å². The Balaban J connectivity index is 2.78. The van der Waals surface area contributed by atoms with Crippen molar-refractivity contribution in [3.8, 4) is 11.1 Å². The molecule has 2 rings (SSSR count). The van der Waals surface area contributed by atoms with E-state index in [9.17, 15) is 17.6 Å². The first kappa shape index (κ1) is 13.2. The van der Waals surface area contributed by atoms with Crippen LogP contribution in [0, 0.1) is 23.3 Å². The zero-order valence-corrected chi connectivity index (χ0v) is 10.1. The largest absolute Gasteiger partial charge is 0.204 e. The summed E-state index contributed by atoms with van der Waals surface area (Å²) in [5.74, 6) is -5.96. The highest BCUT2D eigenvalue weighted by atomic mass is 35.5. The van der Waals surface area contributed by atoms with E-state index in [0.29, 0.717) is 0 Å². The molecular weight excluding hydrogens is 291 g/mol. The van der Waals surface area contributed by atoms with Gasteiger partial charge in [-0.05, 0) is 23.8 Å². The summed E-state index contributed by atoms with van der Waals surface area (Å²) in [4.78, 5) is 0. The molecule has 0 aliphatic heterocycles. The van der Waals surface area contributed by atoms with Crippen LogP contribution < -0.4 is 0 Å². The topological polar surface area (TPSA) is 0 Å². The first-order chi connectivity index (χ1) is 8.40. The Morgan fingerprint density at radius 2 is 1.11 bits per heavy atom. The Morgan fingerprint density at radius 1 is 0.667 bits per heavy atom. The molecule has 2 aromatic carbocycles. The second-order valence-corrected chi connectivity index (χ2v) is 4.37. The lowest BCUT2D eigenvalue weighted by Gasteiger charge is -2.08. The molecule has 0 bridgehead atoms. The molecule has 0 radical (unpaired) electrons. The van der Waals surface area contributed by atoms with Crippen LogP contribution in [0.2, 0.25) is 10.0 Å². The molecule has 0 nitrogen and oxygen atoms in total. The SMILES string of the molecule is Fc1cc(F)c(F)c(-c2cc(Cl)cc(Cl)c2)c1F. The smallest absolute Gasteiger partial charge is 0.169 e. The molecular formula is C12H4Cl2F4. The van der Waals surface area contributed by atoms with Crippen molar-refractivity contribution in [2.45, 2.75) is 0 Å². The molecule has 0 N–H and O–H groups in total. The molecule has 6 heteroatoms. The third-order valence-corrected chi connectivity index (χ3v) is 2.70. The Hall–Kier alpha value is -1.26. The standard InChI is InChI=1S/C12H4Cl2F4/c13-6-1-5(2-7(14)3-6)10-11(17)8(15)4-9(16)12(10)18/h1-4H. The second-order valence-electron chi connectivity index (χ2n) is 3.50. The number of hydrogen-bond donors (Lipinski definition) is 0.